The van der Waals surface area contributed by atoms with Gasteiger partial charge in [-0.05, 0) is 24.3 Å². The normalized spacial score (nSPS) is 28.4. The lowest BCUT2D eigenvalue weighted by molar-refractivity contribution is 0.0598. The van der Waals surface area contributed by atoms with Gasteiger partial charge in [-0.3, -0.25) is 4.90 Å². The Hall–Kier alpha value is -1.12. The summed E-state index contributed by atoms with van der Waals surface area (Å²) in [6.07, 6.45) is 7.15. The number of hydrogen-bond acceptors (Lipinski definition) is 2. The van der Waals surface area contributed by atoms with Gasteiger partial charge in [-0.15, -0.1) is 0 Å². The highest BCUT2D eigenvalue weighted by Crippen LogP contribution is 2.29. The average molecular weight is 270 g/mol. The van der Waals surface area contributed by atoms with Crippen molar-refractivity contribution < 1.29 is 0 Å². The number of nitrogens with one attached hydrogen (secondary N) is 1. The zero-order valence-electron chi connectivity index (χ0n) is 12.6. The van der Waals surface area contributed by atoms with E-state index in [0.717, 1.165) is 19.1 Å². The van der Waals surface area contributed by atoms with E-state index < -0.39 is 0 Å². The molecule has 2 nitrogen and oxygen atoms in total. The lowest BCUT2D eigenvalue weighted by Gasteiger charge is -2.45. The van der Waals surface area contributed by atoms with Gasteiger partial charge in [-0.2, -0.15) is 0 Å². The summed E-state index contributed by atoms with van der Waals surface area (Å²) in [7, 11) is 0. The Morgan fingerprint density at radius 3 is 2.45 bits per heavy atom. The van der Waals surface area contributed by atoms with Crippen LogP contribution in [0.5, 0.6) is 0 Å². The van der Waals surface area contributed by atoms with Crippen molar-refractivity contribution in [2.45, 2.75) is 44.8 Å². The third-order valence-corrected chi connectivity index (χ3v) is 4.82. The molecule has 2 heteroatoms. The van der Waals surface area contributed by atoms with Crippen LogP contribution in [0.2, 0.25) is 0 Å². The maximum atomic E-state index is 3.76. The number of benzene rings is 1. The second kappa shape index (κ2) is 6.11. The highest BCUT2D eigenvalue weighted by molar-refractivity contribution is 5.20. The Kier molecular flexibility index (Phi) is 4.23. The van der Waals surface area contributed by atoms with Crippen LogP contribution in [0.15, 0.2) is 42.5 Å². The van der Waals surface area contributed by atoms with Crippen molar-refractivity contribution in [1.29, 1.82) is 0 Å². The van der Waals surface area contributed by atoms with Gasteiger partial charge < -0.3 is 5.32 Å². The molecule has 2 aliphatic rings. The first-order valence-electron chi connectivity index (χ1n) is 7.95. The standard InChI is InChI=1S/C18H26N2/c1-14(2)18-12-19-17(15-8-4-3-5-9-15)13-20(18)16-10-6-7-11-16/h3-9,14,16-19H,10-13H2,1-2H3. The minimum atomic E-state index is 0.479. The van der Waals surface area contributed by atoms with Crippen LogP contribution in [0, 0.1) is 5.92 Å². The van der Waals surface area contributed by atoms with Crippen LogP contribution in [-0.4, -0.2) is 30.1 Å². The predicted octanol–water partition coefficient (Wildman–Crippen LogP) is 3.38. The molecule has 1 fully saturated rings. The van der Waals surface area contributed by atoms with Crippen LogP contribution in [0.1, 0.15) is 38.3 Å². The van der Waals surface area contributed by atoms with E-state index in [9.17, 15) is 0 Å². The van der Waals surface area contributed by atoms with E-state index in [1.807, 2.05) is 0 Å². The fourth-order valence-corrected chi connectivity index (χ4v) is 3.61. The first kappa shape index (κ1) is 13.8. The third kappa shape index (κ3) is 2.82. The van der Waals surface area contributed by atoms with Gasteiger partial charge in [-0.1, -0.05) is 56.3 Å². The summed E-state index contributed by atoms with van der Waals surface area (Å²) in [6.45, 7) is 6.95. The largest absolute Gasteiger partial charge is 0.307 e. The monoisotopic (exact) mass is 270 g/mol. The molecule has 1 N–H and O–H groups in total. The van der Waals surface area contributed by atoms with E-state index in [-0.39, 0.29) is 0 Å². The van der Waals surface area contributed by atoms with Gasteiger partial charge in [0.1, 0.15) is 0 Å². The lowest BCUT2D eigenvalue weighted by atomic mass is 9.93. The van der Waals surface area contributed by atoms with Gasteiger partial charge in [-0.25, -0.2) is 0 Å². The third-order valence-electron chi connectivity index (χ3n) is 4.82. The minimum Gasteiger partial charge on any atom is -0.307 e. The molecule has 108 valence electrons. The Labute approximate surface area is 122 Å². The quantitative estimate of drug-likeness (QED) is 0.847. The highest BCUT2D eigenvalue weighted by atomic mass is 15.3. The molecular weight excluding hydrogens is 244 g/mol. The Morgan fingerprint density at radius 2 is 1.80 bits per heavy atom. The summed E-state index contributed by atoms with van der Waals surface area (Å²) >= 11 is 0. The van der Waals surface area contributed by atoms with Crippen molar-refractivity contribution in [2.75, 3.05) is 13.1 Å². The molecule has 0 aromatic heterocycles. The Balaban J connectivity index is 1.76. The SMILES string of the molecule is CC(C)C1CNC(c2ccccc2)CN1C1CC=CC1. The van der Waals surface area contributed by atoms with Crippen LogP contribution in [0.4, 0.5) is 0 Å². The van der Waals surface area contributed by atoms with E-state index >= 15 is 0 Å². The molecule has 1 aromatic rings. The first-order chi connectivity index (χ1) is 9.75. The van der Waals surface area contributed by atoms with Crippen molar-refractivity contribution in [1.82, 2.24) is 10.2 Å². The van der Waals surface area contributed by atoms with Crippen LogP contribution >= 0.6 is 0 Å². The molecule has 1 aliphatic carbocycles. The van der Waals surface area contributed by atoms with Crippen molar-refractivity contribution in [2.24, 2.45) is 5.92 Å². The molecule has 0 radical (unpaired) electrons. The van der Waals surface area contributed by atoms with Crippen molar-refractivity contribution in [3.63, 3.8) is 0 Å². The van der Waals surface area contributed by atoms with E-state index in [1.54, 1.807) is 0 Å². The van der Waals surface area contributed by atoms with Gasteiger partial charge in [0.2, 0.25) is 0 Å². The second-order valence-corrected chi connectivity index (χ2v) is 6.48. The molecule has 2 atom stereocenters. The number of rotatable bonds is 3. The van der Waals surface area contributed by atoms with Crippen LogP contribution in [0.25, 0.3) is 0 Å². The molecule has 0 spiro atoms. The van der Waals surface area contributed by atoms with Gasteiger partial charge in [0.25, 0.3) is 0 Å². The smallest absolute Gasteiger partial charge is 0.0450 e. The molecule has 1 aliphatic heterocycles. The molecule has 3 rings (SSSR count). The maximum Gasteiger partial charge on any atom is 0.0450 e. The number of hydrogen-bond donors (Lipinski definition) is 1. The molecule has 0 amide bonds. The van der Waals surface area contributed by atoms with Gasteiger partial charge in [0, 0.05) is 31.2 Å². The van der Waals surface area contributed by atoms with E-state index in [4.69, 9.17) is 0 Å². The van der Waals surface area contributed by atoms with Crippen molar-refractivity contribution >= 4 is 0 Å². The van der Waals surface area contributed by atoms with Crippen LogP contribution in [0.3, 0.4) is 0 Å². The zero-order chi connectivity index (χ0) is 13.9. The lowest BCUT2D eigenvalue weighted by Crippen LogP contribution is -2.57. The Morgan fingerprint density at radius 1 is 1.10 bits per heavy atom. The number of piperazine rings is 1. The summed E-state index contributed by atoms with van der Waals surface area (Å²) < 4.78 is 0. The fourth-order valence-electron chi connectivity index (χ4n) is 3.61. The van der Waals surface area contributed by atoms with Gasteiger partial charge >= 0.3 is 0 Å². The molecule has 1 aromatic carbocycles. The molecule has 1 saturated heterocycles. The molecule has 20 heavy (non-hydrogen) atoms. The molecule has 0 saturated carbocycles. The maximum absolute atomic E-state index is 3.76. The fraction of sp³-hybridized carbons (Fsp3) is 0.556. The van der Waals surface area contributed by atoms with Crippen LogP contribution in [-0.2, 0) is 0 Å². The molecule has 2 unspecified atom stereocenters. The van der Waals surface area contributed by atoms with Gasteiger partial charge in [0.15, 0.2) is 0 Å². The average Bonchev–Trinajstić information content (AvgIpc) is 3.01. The zero-order valence-corrected chi connectivity index (χ0v) is 12.6. The summed E-state index contributed by atoms with van der Waals surface area (Å²) in [5.41, 5.74) is 1.42. The predicted molar refractivity (Wildman–Crippen MR) is 84.7 cm³/mol. The molecule has 0 bridgehead atoms. The van der Waals surface area contributed by atoms with Crippen molar-refractivity contribution in [3.8, 4) is 0 Å². The van der Waals surface area contributed by atoms with Crippen molar-refractivity contribution in [3.05, 3.63) is 48.0 Å². The number of nitrogens with zero attached hydrogens (tertiary/aromatic N) is 1. The van der Waals surface area contributed by atoms with Crippen LogP contribution < -0.4 is 5.32 Å². The minimum absolute atomic E-state index is 0.479. The molecule has 1 heterocycles. The summed E-state index contributed by atoms with van der Waals surface area (Å²) in [5, 5.41) is 3.76. The van der Waals surface area contributed by atoms with E-state index in [2.05, 4.69) is 66.5 Å². The Bertz CT molecular complexity index is 444. The van der Waals surface area contributed by atoms with E-state index in [1.165, 1.54) is 18.4 Å². The summed E-state index contributed by atoms with van der Waals surface area (Å²) in [5.74, 6) is 0.708. The first-order valence-corrected chi connectivity index (χ1v) is 7.95. The van der Waals surface area contributed by atoms with Gasteiger partial charge in [0.05, 0.1) is 0 Å². The second-order valence-electron chi connectivity index (χ2n) is 6.48. The highest BCUT2D eigenvalue weighted by Gasteiger charge is 2.34. The molecular formula is C18H26N2. The van der Waals surface area contributed by atoms with E-state index in [0.29, 0.717) is 18.0 Å². The topological polar surface area (TPSA) is 15.3 Å². The summed E-state index contributed by atoms with van der Waals surface area (Å²) in [4.78, 5) is 2.76. The summed E-state index contributed by atoms with van der Waals surface area (Å²) in [6, 6.07) is 12.8.